The molecule has 0 spiro atoms. The van der Waals surface area contributed by atoms with E-state index in [0.717, 1.165) is 27.7 Å². The van der Waals surface area contributed by atoms with Gasteiger partial charge in [0.25, 0.3) is 0 Å². The van der Waals surface area contributed by atoms with Crippen LogP contribution in [-0.2, 0) is 0 Å². The van der Waals surface area contributed by atoms with Gasteiger partial charge >= 0.3 is 0 Å². The zero-order valence-electron chi connectivity index (χ0n) is 14.0. The second-order valence-corrected chi connectivity index (χ2v) is 6.06. The van der Waals surface area contributed by atoms with Crippen molar-refractivity contribution in [1.82, 2.24) is 20.5 Å². The van der Waals surface area contributed by atoms with Crippen molar-refractivity contribution in [3.63, 3.8) is 0 Å². The van der Waals surface area contributed by atoms with Crippen LogP contribution in [0.4, 0.5) is 0 Å². The fourth-order valence-corrected chi connectivity index (χ4v) is 3.32. The number of hydrogen-bond donors (Lipinski definition) is 2. The SMILES string of the molecule is CC1=C(C#N)C(c2ccc3[nH]ncc3c2)C(C#N)=C(c2ccncc2)N1. The van der Waals surface area contributed by atoms with Gasteiger partial charge in [-0.25, -0.2) is 0 Å². The average Bonchev–Trinajstić information content (AvgIpc) is 3.15. The van der Waals surface area contributed by atoms with Crippen molar-refractivity contribution in [3.8, 4) is 12.1 Å². The van der Waals surface area contributed by atoms with Crippen molar-refractivity contribution in [1.29, 1.82) is 10.5 Å². The molecular weight excluding hydrogens is 324 g/mol. The lowest BCUT2D eigenvalue weighted by Crippen LogP contribution is -2.24. The Hall–Kier alpha value is -3.90. The second kappa shape index (κ2) is 6.19. The molecule has 4 rings (SSSR count). The molecule has 1 aliphatic rings. The van der Waals surface area contributed by atoms with Crippen LogP contribution < -0.4 is 5.32 Å². The Bertz CT molecular complexity index is 1140. The molecule has 1 aromatic carbocycles. The van der Waals surface area contributed by atoms with Gasteiger partial charge in [0.05, 0.1) is 46.6 Å². The van der Waals surface area contributed by atoms with E-state index in [1.807, 2.05) is 37.3 Å². The number of nitrogens with one attached hydrogen (secondary N) is 2. The van der Waals surface area contributed by atoms with Crippen LogP contribution in [0.15, 0.2) is 65.8 Å². The van der Waals surface area contributed by atoms with E-state index in [1.54, 1.807) is 18.6 Å². The maximum Gasteiger partial charge on any atom is 0.0979 e. The Morgan fingerprint density at radius 1 is 1.04 bits per heavy atom. The Balaban J connectivity index is 1.95. The van der Waals surface area contributed by atoms with Gasteiger partial charge in [0, 0.05) is 29.0 Å². The average molecular weight is 338 g/mol. The summed E-state index contributed by atoms with van der Waals surface area (Å²) in [6, 6.07) is 14.1. The summed E-state index contributed by atoms with van der Waals surface area (Å²) < 4.78 is 0. The van der Waals surface area contributed by atoms with E-state index in [4.69, 9.17) is 0 Å². The maximum atomic E-state index is 9.91. The molecule has 3 heterocycles. The minimum Gasteiger partial charge on any atom is -0.357 e. The van der Waals surface area contributed by atoms with Crippen molar-refractivity contribution in [2.24, 2.45) is 0 Å². The summed E-state index contributed by atoms with van der Waals surface area (Å²) in [5, 5.41) is 30.8. The first-order chi connectivity index (χ1) is 12.7. The molecule has 0 fully saturated rings. The number of allylic oxidation sites excluding steroid dienone is 3. The molecule has 0 saturated heterocycles. The summed E-state index contributed by atoms with van der Waals surface area (Å²) in [7, 11) is 0. The molecule has 0 radical (unpaired) electrons. The summed E-state index contributed by atoms with van der Waals surface area (Å²) in [6.07, 6.45) is 5.11. The first kappa shape index (κ1) is 15.6. The first-order valence-corrected chi connectivity index (χ1v) is 8.08. The van der Waals surface area contributed by atoms with Gasteiger partial charge in [-0.15, -0.1) is 0 Å². The quantitative estimate of drug-likeness (QED) is 0.746. The van der Waals surface area contributed by atoms with E-state index in [2.05, 4.69) is 32.6 Å². The number of hydrogen-bond acceptors (Lipinski definition) is 5. The Morgan fingerprint density at radius 2 is 1.81 bits per heavy atom. The molecule has 124 valence electrons. The van der Waals surface area contributed by atoms with Crippen LogP contribution in [0.25, 0.3) is 16.6 Å². The van der Waals surface area contributed by atoms with Crippen LogP contribution >= 0.6 is 0 Å². The van der Waals surface area contributed by atoms with Gasteiger partial charge in [0.15, 0.2) is 0 Å². The van der Waals surface area contributed by atoms with Crippen LogP contribution in [0.5, 0.6) is 0 Å². The molecule has 0 amide bonds. The van der Waals surface area contributed by atoms with Crippen LogP contribution in [0.1, 0.15) is 24.0 Å². The zero-order chi connectivity index (χ0) is 18.1. The first-order valence-electron chi connectivity index (χ1n) is 8.08. The number of H-pyrrole nitrogens is 1. The van der Waals surface area contributed by atoms with Crippen LogP contribution in [0.2, 0.25) is 0 Å². The minimum absolute atomic E-state index is 0.422. The summed E-state index contributed by atoms with van der Waals surface area (Å²) in [5.41, 5.74) is 5.18. The fraction of sp³-hybridized carbons (Fsp3) is 0.100. The molecular formula is C20H14N6. The Kier molecular flexibility index (Phi) is 3.72. The smallest absolute Gasteiger partial charge is 0.0979 e. The van der Waals surface area contributed by atoms with E-state index >= 15 is 0 Å². The van der Waals surface area contributed by atoms with Gasteiger partial charge in [-0.1, -0.05) is 6.07 Å². The molecule has 26 heavy (non-hydrogen) atoms. The van der Waals surface area contributed by atoms with Gasteiger partial charge in [-0.05, 0) is 36.8 Å². The number of benzene rings is 1. The lowest BCUT2D eigenvalue weighted by molar-refractivity contribution is 0.879. The highest BCUT2D eigenvalue weighted by Crippen LogP contribution is 2.40. The number of rotatable bonds is 2. The van der Waals surface area contributed by atoms with Crippen LogP contribution in [-0.4, -0.2) is 15.2 Å². The van der Waals surface area contributed by atoms with E-state index in [9.17, 15) is 10.5 Å². The molecule has 2 aromatic heterocycles. The van der Waals surface area contributed by atoms with Crippen molar-refractivity contribution in [2.45, 2.75) is 12.8 Å². The molecule has 6 heteroatoms. The van der Waals surface area contributed by atoms with Crippen molar-refractivity contribution in [2.75, 3.05) is 0 Å². The number of fused-ring (bicyclic) bond motifs is 1. The number of aromatic amines is 1. The maximum absolute atomic E-state index is 9.91. The topological polar surface area (TPSA) is 101 Å². The van der Waals surface area contributed by atoms with Crippen molar-refractivity contribution in [3.05, 3.63) is 76.9 Å². The number of pyridine rings is 1. The van der Waals surface area contributed by atoms with Gasteiger partial charge in [0.1, 0.15) is 0 Å². The summed E-state index contributed by atoms with van der Waals surface area (Å²) in [4.78, 5) is 4.04. The van der Waals surface area contributed by atoms with Crippen molar-refractivity contribution < 1.29 is 0 Å². The highest BCUT2D eigenvalue weighted by atomic mass is 15.1. The number of nitriles is 2. The predicted molar refractivity (Wildman–Crippen MR) is 97.1 cm³/mol. The Labute approximate surface area is 150 Å². The Morgan fingerprint density at radius 3 is 2.54 bits per heavy atom. The molecule has 0 saturated carbocycles. The highest BCUT2D eigenvalue weighted by Gasteiger charge is 2.31. The number of dihydropyridines is 1. The third-order valence-electron chi connectivity index (χ3n) is 4.57. The number of aromatic nitrogens is 3. The lowest BCUT2D eigenvalue weighted by atomic mass is 9.80. The predicted octanol–water partition coefficient (Wildman–Crippen LogP) is 3.38. The summed E-state index contributed by atoms with van der Waals surface area (Å²) in [5.74, 6) is -0.422. The molecule has 3 aromatic rings. The fourth-order valence-electron chi connectivity index (χ4n) is 3.32. The molecule has 0 aliphatic carbocycles. The van der Waals surface area contributed by atoms with Crippen molar-refractivity contribution >= 4 is 16.6 Å². The lowest BCUT2D eigenvalue weighted by Gasteiger charge is -2.27. The second-order valence-electron chi connectivity index (χ2n) is 6.06. The van der Waals surface area contributed by atoms with Gasteiger partial charge in [-0.3, -0.25) is 10.1 Å². The zero-order valence-corrected chi connectivity index (χ0v) is 14.0. The van der Waals surface area contributed by atoms with Crippen LogP contribution in [0.3, 0.4) is 0 Å². The molecule has 6 nitrogen and oxygen atoms in total. The summed E-state index contributed by atoms with van der Waals surface area (Å²) in [6.45, 7) is 1.86. The standard InChI is InChI=1S/C20H14N6/c1-12-16(9-21)19(14-2-3-18-15(8-14)11-24-26-18)17(10-22)20(25-12)13-4-6-23-7-5-13/h2-8,11,19,25H,1H3,(H,24,26). The molecule has 2 N–H and O–H groups in total. The molecule has 1 unspecified atom stereocenters. The van der Waals surface area contributed by atoms with Gasteiger partial charge in [0.2, 0.25) is 0 Å². The number of nitrogens with zero attached hydrogens (tertiary/aromatic N) is 4. The third kappa shape index (κ3) is 2.42. The molecule has 1 atom stereocenters. The minimum atomic E-state index is -0.422. The third-order valence-corrected chi connectivity index (χ3v) is 4.57. The normalized spacial score (nSPS) is 17.0. The largest absolute Gasteiger partial charge is 0.357 e. The highest BCUT2D eigenvalue weighted by molar-refractivity contribution is 5.81. The van der Waals surface area contributed by atoms with E-state index < -0.39 is 5.92 Å². The van der Waals surface area contributed by atoms with Gasteiger partial charge in [-0.2, -0.15) is 15.6 Å². The monoisotopic (exact) mass is 338 g/mol. The molecule has 1 aliphatic heterocycles. The van der Waals surface area contributed by atoms with E-state index in [1.165, 1.54) is 0 Å². The van der Waals surface area contributed by atoms with E-state index in [-0.39, 0.29) is 0 Å². The molecule has 0 bridgehead atoms. The van der Waals surface area contributed by atoms with E-state index in [0.29, 0.717) is 16.8 Å². The summed E-state index contributed by atoms with van der Waals surface area (Å²) >= 11 is 0. The van der Waals surface area contributed by atoms with Crippen LogP contribution in [0, 0.1) is 22.7 Å². The van der Waals surface area contributed by atoms with Gasteiger partial charge < -0.3 is 5.32 Å².